The molecule has 1 aromatic rings. The molecule has 1 fully saturated rings. The van der Waals surface area contributed by atoms with Crippen molar-refractivity contribution >= 4 is 22.4 Å². The highest BCUT2D eigenvalue weighted by atomic mass is 35.5. The molecular weight excluding hydrogens is 341 g/mol. The van der Waals surface area contributed by atoms with Gasteiger partial charge in [0.05, 0.1) is 10.5 Å². The average Bonchev–Trinajstić information content (AvgIpc) is 2.71. The van der Waals surface area contributed by atoms with Gasteiger partial charge in [0, 0.05) is 12.1 Å². The maximum Gasteiger partial charge on any atom is 0.240 e. The molecule has 0 spiro atoms. The zero-order valence-electron chi connectivity index (χ0n) is 12.7. The lowest BCUT2D eigenvalue weighted by molar-refractivity contribution is 0.369. The Morgan fingerprint density at radius 2 is 1.87 bits per heavy atom. The Balaban J connectivity index is 0.00000264. The molecule has 0 unspecified atom stereocenters. The molecule has 0 atom stereocenters. The van der Waals surface area contributed by atoms with Crippen LogP contribution in [0.4, 0.5) is 4.39 Å². The number of rotatable bonds is 4. The first kappa shape index (κ1) is 19.8. The van der Waals surface area contributed by atoms with Crippen molar-refractivity contribution in [3.63, 3.8) is 0 Å². The van der Waals surface area contributed by atoms with Gasteiger partial charge < -0.3 is 5.73 Å². The van der Waals surface area contributed by atoms with Gasteiger partial charge in [-0.05, 0) is 31.0 Å². The highest BCUT2D eigenvalue weighted by Crippen LogP contribution is 2.25. The van der Waals surface area contributed by atoms with Crippen molar-refractivity contribution in [3.05, 3.63) is 29.6 Å². The number of benzene rings is 1. The highest BCUT2D eigenvalue weighted by Gasteiger charge is 2.28. The number of hydrogen-bond donors (Lipinski definition) is 2. The normalized spacial score (nSPS) is 17.6. The van der Waals surface area contributed by atoms with Gasteiger partial charge in [-0.2, -0.15) is 5.26 Å². The first-order valence-corrected chi connectivity index (χ1v) is 8.83. The van der Waals surface area contributed by atoms with Crippen molar-refractivity contribution in [1.82, 2.24) is 4.72 Å². The molecule has 23 heavy (non-hydrogen) atoms. The maximum atomic E-state index is 13.3. The van der Waals surface area contributed by atoms with Crippen LogP contribution in [0.2, 0.25) is 0 Å². The van der Waals surface area contributed by atoms with E-state index in [9.17, 15) is 12.8 Å². The predicted octanol–water partition coefficient (Wildman–Crippen LogP) is 2.45. The third-order valence-electron chi connectivity index (χ3n) is 4.08. The Labute approximate surface area is 142 Å². The third-order valence-corrected chi connectivity index (χ3v) is 5.48. The van der Waals surface area contributed by atoms with Gasteiger partial charge >= 0.3 is 0 Å². The molecule has 2 rings (SSSR count). The first-order chi connectivity index (χ1) is 10.4. The van der Waals surface area contributed by atoms with Gasteiger partial charge in [0.2, 0.25) is 10.0 Å². The molecule has 1 aliphatic carbocycles. The van der Waals surface area contributed by atoms with Crippen molar-refractivity contribution in [1.29, 1.82) is 5.26 Å². The fourth-order valence-electron chi connectivity index (χ4n) is 2.69. The number of nitrogens with one attached hydrogen (secondary N) is 1. The number of sulfonamides is 1. The van der Waals surface area contributed by atoms with E-state index in [2.05, 4.69) is 4.72 Å². The summed E-state index contributed by atoms with van der Waals surface area (Å²) in [5.41, 5.74) is 5.45. The largest absolute Gasteiger partial charge is 0.324 e. The van der Waals surface area contributed by atoms with E-state index in [4.69, 9.17) is 11.0 Å². The predicted molar refractivity (Wildman–Crippen MR) is 88.2 cm³/mol. The monoisotopic (exact) mass is 361 g/mol. The zero-order valence-corrected chi connectivity index (χ0v) is 14.4. The van der Waals surface area contributed by atoms with Gasteiger partial charge in [-0.3, -0.25) is 0 Å². The molecule has 0 bridgehead atoms. The molecule has 0 radical (unpaired) electrons. The van der Waals surface area contributed by atoms with Crippen LogP contribution >= 0.6 is 12.4 Å². The molecule has 1 saturated carbocycles. The lowest BCUT2D eigenvalue weighted by Gasteiger charge is -2.28. The molecule has 0 saturated heterocycles. The smallest absolute Gasteiger partial charge is 0.240 e. The summed E-state index contributed by atoms with van der Waals surface area (Å²) in [5, 5.41) is 8.79. The average molecular weight is 362 g/mol. The third kappa shape index (κ3) is 5.15. The van der Waals surface area contributed by atoms with E-state index < -0.39 is 21.4 Å². The fraction of sp³-hybridized carbons (Fsp3) is 0.533. The Bertz CT molecular complexity index is 680. The molecule has 0 aliphatic heterocycles. The van der Waals surface area contributed by atoms with E-state index in [0.29, 0.717) is 0 Å². The molecular formula is C15H21ClFN3O2S. The van der Waals surface area contributed by atoms with Crippen LogP contribution in [-0.2, 0) is 10.0 Å². The number of nitrogens with zero attached hydrogens (tertiary/aromatic N) is 1. The van der Waals surface area contributed by atoms with Gasteiger partial charge in [-0.15, -0.1) is 12.4 Å². The van der Waals surface area contributed by atoms with Crippen LogP contribution in [0.25, 0.3) is 0 Å². The van der Waals surface area contributed by atoms with E-state index in [1.54, 1.807) is 6.07 Å². The van der Waals surface area contributed by atoms with Crippen molar-refractivity contribution < 1.29 is 12.8 Å². The van der Waals surface area contributed by atoms with Crippen LogP contribution in [0, 0.1) is 17.1 Å². The summed E-state index contributed by atoms with van der Waals surface area (Å²) in [6, 6.07) is 4.80. The molecule has 1 aliphatic rings. The van der Waals surface area contributed by atoms with Crippen LogP contribution in [-0.4, -0.2) is 20.5 Å². The summed E-state index contributed by atoms with van der Waals surface area (Å²) < 4.78 is 40.4. The zero-order chi connectivity index (χ0) is 16.2. The van der Waals surface area contributed by atoms with Gasteiger partial charge in [0.15, 0.2) is 0 Å². The Morgan fingerprint density at radius 3 is 2.43 bits per heavy atom. The van der Waals surface area contributed by atoms with Crippen LogP contribution < -0.4 is 10.5 Å². The lowest BCUT2D eigenvalue weighted by atomic mass is 9.92. The highest BCUT2D eigenvalue weighted by molar-refractivity contribution is 7.89. The van der Waals surface area contributed by atoms with Gasteiger partial charge in [-0.25, -0.2) is 17.5 Å². The number of nitriles is 1. The Morgan fingerprint density at radius 1 is 1.26 bits per heavy atom. The van der Waals surface area contributed by atoms with Crippen molar-refractivity contribution in [2.75, 3.05) is 6.54 Å². The van der Waals surface area contributed by atoms with E-state index in [-0.39, 0.29) is 29.4 Å². The van der Waals surface area contributed by atoms with Crippen LogP contribution in [0.3, 0.4) is 0 Å². The molecule has 1 aromatic carbocycles. The summed E-state index contributed by atoms with van der Waals surface area (Å²) in [5.74, 6) is -0.736. The second kappa shape index (κ2) is 8.06. The fourth-order valence-corrected chi connectivity index (χ4v) is 3.85. The minimum Gasteiger partial charge on any atom is -0.324 e. The Kier molecular flexibility index (Phi) is 6.96. The van der Waals surface area contributed by atoms with Crippen LogP contribution in [0.15, 0.2) is 23.1 Å². The molecule has 128 valence electrons. The van der Waals surface area contributed by atoms with E-state index >= 15 is 0 Å². The Hall–Kier alpha value is -1.20. The van der Waals surface area contributed by atoms with Gasteiger partial charge in [-0.1, -0.05) is 25.7 Å². The SMILES string of the molecule is Cl.N#Cc1cc(S(=O)(=O)NCC2(N)CCCCCC2)ccc1F. The second-order valence-electron chi connectivity index (χ2n) is 5.85. The van der Waals surface area contributed by atoms with Crippen molar-refractivity contribution in [2.24, 2.45) is 5.73 Å². The van der Waals surface area contributed by atoms with Gasteiger partial charge in [0.25, 0.3) is 0 Å². The van der Waals surface area contributed by atoms with Crippen molar-refractivity contribution in [3.8, 4) is 6.07 Å². The van der Waals surface area contributed by atoms with Crippen molar-refractivity contribution in [2.45, 2.75) is 49.0 Å². The molecule has 8 heteroatoms. The summed E-state index contributed by atoms with van der Waals surface area (Å²) in [6.45, 7) is 0.147. The van der Waals surface area contributed by atoms with E-state index in [1.807, 2.05) is 0 Å². The second-order valence-corrected chi connectivity index (χ2v) is 7.62. The topological polar surface area (TPSA) is 96.0 Å². The van der Waals surface area contributed by atoms with E-state index in [1.165, 1.54) is 0 Å². The maximum absolute atomic E-state index is 13.3. The summed E-state index contributed by atoms with van der Waals surface area (Å²) >= 11 is 0. The summed E-state index contributed by atoms with van der Waals surface area (Å²) in [4.78, 5) is -0.123. The lowest BCUT2D eigenvalue weighted by Crippen LogP contribution is -2.49. The first-order valence-electron chi connectivity index (χ1n) is 7.35. The quantitative estimate of drug-likeness (QED) is 0.805. The molecule has 3 N–H and O–H groups in total. The molecule has 0 amide bonds. The summed E-state index contributed by atoms with van der Waals surface area (Å²) in [7, 11) is -3.81. The minimum atomic E-state index is -3.81. The van der Waals surface area contributed by atoms with Crippen LogP contribution in [0.1, 0.15) is 44.1 Å². The number of hydrogen-bond acceptors (Lipinski definition) is 4. The molecule has 5 nitrogen and oxygen atoms in total. The number of nitrogens with two attached hydrogens (primary N) is 1. The molecule has 0 aromatic heterocycles. The minimum absolute atomic E-state index is 0. The van der Waals surface area contributed by atoms with E-state index in [0.717, 1.165) is 56.7 Å². The van der Waals surface area contributed by atoms with Crippen LogP contribution in [0.5, 0.6) is 0 Å². The van der Waals surface area contributed by atoms with Gasteiger partial charge in [0.1, 0.15) is 11.9 Å². The number of halogens is 2. The standard InChI is InChI=1S/C15H20FN3O2S.ClH/c16-14-6-5-13(9-12(14)10-17)22(20,21)19-11-15(18)7-3-1-2-4-8-15;/h5-6,9,19H,1-4,7-8,11,18H2;1H. The molecule has 0 heterocycles. The summed E-state index contributed by atoms with van der Waals surface area (Å²) in [6.07, 6.45) is 5.79.